The molecule has 0 unspecified atom stereocenters. The Kier molecular flexibility index (Phi) is 7.92. The van der Waals surface area contributed by atoms with Crippen LogP contribution in [0.2, 0.25) is 5.02 Å². The number of benzene rings is 1. The molecule has 0 bridgehead atoms. The number of amides is 2. The van der Waals surface area contributed by atoms with Crippen LogP contribution >= 0.6 is 23.4 Å². The molecule has 1 aliphatic rings. The molecule has 0 aromatic heterocycles. The third-order valence-electron chi connectivity index (χ3n) is 4.22. The van der Waals surface area contributed by atoms with Crippen LogP contribution in [-0.4, -0.2) is 42.1 Å². The predicted molar refractivity (Wildman–Crippen MR) is 100 cm³/mol. The molecule has 2 rings (SSSR count). The van der Waals surface area contributed by atoms with Crippen molar-refractivity contribution in [2.24, 2.45) is 5.92 Å². The largest absolute Gasteiger partial charge is 0.356 e. The Hall–Kier alpha value is -1.20. The third kappa shape index (κ3) is 6.02. The van der Waals surface area contributed by atoms with E-state index in [4.69, 9.17) is 11.6 Å². The summed E-state index contributed by atoms with van der Waals surface area (Å²) in [6, 6.07) is 7.88. The summed E-state index contributed by atoms with van der Waals surface area (Å²) in [6.45, 7) is 3.58. The molecule has 0 saturated carbocycles. The standard InChI is InChI=1S/C18H25ClN2O2S/c1-14(22)21-10-4-7-15(12-21)18(23)20-9-5-11-24-13-16-6-2-3-8-17(16)19/h2-3,6,8,15H,4-5,7,9-13H2,1H3,(H,20,23)/t15-/m0/s1. The van der Waals surface area contributed by atoms with E-state index in [0.717, 1.165) is 47.9 Å². The summed E-state index contributed by atoms with van der Waals surface area (Å²) in [7, 11) is 0. The van der Waals surface area contributed by atoms with Gasteiger partial charge < -0.3 is 10.2 Å². The van der Waals surface area contributed by atoms with Crippen molar-refractivity contribution in [2.45, 2.75) is 31.9 Å². The van der Waals surface area contributed by atoms with E-state index in [2.05, 4.69) is 5.32 Å². The number of halogens is 1. The molecule has 4 nitrogen and oxygen atoms in total. The molecule has 132 valence electrons. The normalized spacial score (nSPS) is 17.6. The average Bonchev–Trinajstić information content (AvgIpc) is 2.59. The molecular weight excluding hydrogens is 344 g/mol. The van der Waals surface area contributed by atoms with Crippen LogP contribution in [0.4, 0.5) is 0 Å². The number of thioether (sulfide) groups is 1. The minimum absolute atomic E-state index is 0.0570. The van der Waals surface area contributed by atoms with Gasteiger partial charge in [0.25, 0.3) is 0 Å². The van der Waals surface area contributed by atoms with Gasteiger partial charge in [-0.05, 0) is 36.6 Å². The quantitative estimate of drug-likeness (QED) is 0.751. The summed E-state index contributed by atoms with van der Waals surface area (Å²) in [5.74, 6) is 1.96. The molecule has 6 heteroatoms. The number of hydrogen-bond donors (Lipinski definition) is 1. The monoisotopic (exact) mass is 368 g/mol. The molecule has 1 N–H and O–H groups in total. The summed E-state index contributed by atoms with van der Waals surface area (Å²) < 4.78 is 0. The van der Waals surface area contributed by atoms with Crippen molar-refractivity contribution in [3.05, 3.63) is 34.9 Å². The van der Waals surface area contributed by atoms with E-state index in [-0.39, 0.29) is 17.7 Å². The topological polar surface area (TPSA) is 49.4 Å². The Morgan fingerprint density at radius 2 is 2.17 bits per heavy atom. The van der Waals surface area contributed by atoms with Crippen LogP contribution in [0.25, 0.3) is 0 Å². The van der Waals surface area contributed by atoms with E-state index >= 15 is 0 Å². The second-order valence-corrected chi connectivity index (χ2v) is 7.61. The fourth-order valence-electron chi connectivity index (χ4n) is 2.80. The number of piperidine rings is 1. The van der Waals surface area contributed by atoms with Crippen molar-refractivity contribution in [1.29, 1.82) is 0 Å². The molecule has 1 saturated heterocycles. The Balaban J connectivity index is 1.59. The highest BCUT2D eigenvalue weighted by molar-refractivity contribution is 7.98. The molecule has 1 fully saturated rings. The Morgan fingerprint density at radius 1 is 1.38 bits per heavy atom. The summed E-state index contributed by atoms with van der Waals surface area (Å²) in [5.41, 5.74) is 1.15. The molecule has 1 atom stereocenters. The second-order valence-electron chi connectivity index (χ2n) is 6.09. The fourth-order valence-corrected chi connectivity index (χ4v) is 4.05. The molecule has 1 aliphatic heterocycles. The van der Waals surface area contributed by atoms with Crippen molar-refractivity contribution in [3.63, 3.8) is 0 Å². The van der Waals surface area contributed by atoms with Crippen LogP contribution in [-0.2, 0) is 15.3 Å². The summed E-state index contributed by atoms with van der Waals surface area (Å²) in [6.07, 6.45) is 2.71. The van der Waals surface area contributed by atoms with Crippen LogP contribution < -0.4 is 5.32 Å². The van der Waals surface area contributed by atoms with Gasteiger partial charge in [0, 0.05) is 37.3 Å². The van der Waals surface area contributed by atoms with Gasteiger partial charge in [-0.2, -0.15) is 11.8 Å². The van der Waals surface area contributed by atoms with Crippen LogP contribution in [0.1, 0.15) is 31.7 Å². The SMILES string of the molecule is CC(=O)N1CCC[C@H](C(=O)NCCCSCc2ccccc2Cl)C1. The van der Waals surface area contributed by atoms with Crippen LogP contribution in [0, 0.1) is 5.92 Å². The highest BCUT2D eigenvalue weighted by Crippen LogP contribution is 2.21. The first-order valence-corrected chi connectivity index (χ1v) is 9.95. The minimum Gasteiger partial charge on any atom is -0.356 e. The number of carbonyl (C=O) groups excluding carboxylic acids is 2. The zero-order valence-corrected chi connectivity index (χ0v) is 15.7. The number of hydrogen-bond acceptors (Lipinski definition) is 3. The molecule has 2 amide bonds. The van der Waals surface area contributed by atoms with Gasteiger partial charge in [-0.3, -0.25) is 9.59 Å². The lowest BCUT2D eigenvalue weighted by atomic mass is 9.97. The fraction of sp³-hybridized carbons (Fsp3) is 0.556. The Morgan fingerprint density at radius 3 is 2.92 bits per heavy atom. The second kappa shape index (κ2) is 9.94. The van der Waals surface area contributed by atoms with E-state index in [1.165, 1.54) is 0 Å². The van der Waals surface area contributed by atoms with Crippen LogP contribution in [0.5, 0.6) is 0 Å². The summed E-state index contributed by atoms with van der Waals surface area (Å²) in [5, 5.41) is 3.82. The molecule has 0 aliphatic carbocycles. The van der Waals surface area contributed by atoms with E-state index in [1.807, 2.05) is 36.0 Å². The summed E-state index contributed by atoms with van der Waals surface area (Å²) >= 11 is 7.95. The summed E-state index contributed by atoms with van der Waals surface area (Å²) in [4.78, 5) is 25.4. The molecule has 1 aromatic rings. The van der Waals surface area contributed by atoms with Gasteiger partial charge in [0.05, 0.1) is 5.92 Å². The molecule has 0 spiro atoms. The lowest BCUT2D eigenvalue weighted by molar-refractivity contribution is -0.133. The van der Waals surface area contributed by atoms with Crippen LogP contribution in [0.15, 0.2) is 24.3 Å². The van der Waals surface area contributed by atoms with E-state index in [1.54, 1.807) is 11.8 Å². The van der Waals surface area contributed by atoms with Crippen molar-refractivity contribution in [3.8, 4) is 0 Å². The van der Waals surface area contributed by atoms with Crippen molar-refractivity contribution >= 4 is 35.2 Å². The molecular formula is C18H25ClN2O2S. The van der Waals surface area contributed by atoms with Gasteiger partial charge in [0.2, 0.25) is 11.8 Å². The average molecular weight is 369 g/mol. The van der Waals surface area contributed by atoms with Crippen LogP contribution in [0.3, 0.4) is 0 Å². The maximum atomic E-state index is 12.2. The number of likely N-dealkylation sites (tertiary alicyclic amines) is 1. The lowest BCUT2D eigenvalue weighted by Crippen LogP contribution is -2.44. The van der Waals surface area contributed by atoms with Gasteiger partial charge in [-0.1, -0.05) is 29.8 Å². The Labute approximate surface area is 153 Å². The zero-order chi connectivity index (χ0) is 17.4. The number of rotatable bonds is 7. The number of carbonyl (C=O) groups is 2. The van der Waals surface area contributed by atoms with Gasteiger partial charge in [-0.15, -0.1) is 0 Å². The first kappa shape index (κ1) is 19.1. The number of nitrogens with zero attached hydrogens (tertiary/aromatic N) is 1. The van der Waals surface area contributed by atoms with Crippen molar-refractivity contribution in [2.75, 3.05) is 25.4 Å². The predicted octanol–water partition coefficient (Wildman–Crippen LogP) is 3.34. The van der Waals surface area contributed by atoms with Crippen molar-refractivity contribution in [1.82, 2.24) is 10.2 Å². The molecule has 0 radical (unpaired) electrons. The van der Waals surface area contributed by atoms with E-state index in [9.17, 15) is 9.59 Å². The maximum Gasteiger partial charge on any atom is 0.224 e. The minimum atomic E-state index is -0.0570. The maximum absolute atomic E-state index is 12.2. The van der Waals surface area contributed by atoms with Gasteiger partial charge in [0.1, 0.15) is 0 Å². The third-order valence-corrected chi connectivity index (χ3v) is 5.68. The van der Waals surface area contributed by atoms with Gasteiger partial charge in [0.15, 0.2) is 0 Å². The lowest BCUT2D eigenvalue weighted by Gasteiger charge is -2.31. The van der Waals surface area contributed by atoms with E-state index in [0.29, 0.717) is 13.1 Å². The molecule has 1 aromatic carbocycles. The van der Waals surface area contributed by atoms with Crippen molar-refractivity contribution < 1.29 is 9.59 Å². The van der Waals surface area contributed by atoms with E-state index < -0.39 is 0 Å². The number of nitrogens with one attached hydrogen (secondary N) is 1. The smallest absolute Gasteiger partial charge is 0.224 e. The van der Waals surface area contributed by atoms with Gasteiger partial charge >= 0.3 is 0 Å². The first-order chi connectivity index (χ1) is 11.6. The highest BCUT2D eigenvalue weighted by Gasteiger charge is 2.26. The molecule has 1 heterocycles. The van der Waals surface area contributed by atoms with Gasteiger partial charge in [-0.25, -0.2) is 0 Å². The zero-order valence-electron chi connectivity index (χ0n) is 14.1. The highest BCUT2D eigenvalue weighted by atomic mass is 35.5. The first-order valence-electron chi connectivity index (χ1n) is 8.42. The Bertz CT molecular complexity index is 568. The molecule has 24 heavy (non-hydrogen) atoms.